The second-order valence-corrected chi connectivity index (χ2v) is 9.90. The minimum Gasteiger partial charge on any atom is -0.307 e. The van der Waals surface area contributed by atoms with Crippen LogP contribution in [0.4, 0.5) is 0 Å². The summed E-state index contributed by atoms with van der Waals surface area (Å²) in [4.78, 5) is 22.7. The highest BCUT2D eigenvalue weighted by Crippen LogP contribution is 2.43. The third kappa shape index (κ3) is 19.5. The van der Waals surface area contributed by atoms with Crippen molar-refractivity contribution >= 4 is 15.6 Å². The summed E-state index contributed by atoms with van der Waals surface area (Å²) in [5.41, 5.74) is 0. The first kappa shape index (κ1) is 28.1. The van der Waals surface area contributed by atoms with Crippen LogP contribution in [-0.2, 0) is 27.2 Å². The van der Waals surface area contributed by atoms with Crippen molar-refractivity contribution in [3.63, 3.8) is 0 Å². The summed E-state index contributed by atoms with van der Waals surface area (Å²) in [6, 6.07) is 0. The molecule has 28 heavy (non-hydrogen) atoms. The van der Waals surface area contributed by atoms with Crippen molar-refractivity contribution in [1.82, 2.24) is 9.80 Å². The molecule has 12 heteroatoms. The van der Waals surface area contributed by atoms with Gasteiger partial charge in [0.15, 0.2) is 0 Å². The number of hydrogen-bond donors (Lipinski definition) is 2. The van der Waals surface area contributed by atoms with E-state index in [4.69, 9.17) is 18.1 Å². The van der Waals surface area contributed by atoms with Crippen LogP contribution in [0.25, 0.3) is 0 Å². The highest BCUT2D eigenvalue weighted by molar-refractivity contribution is 7.47. The first-order valence-electron chi connectivity index (χ1n) is 9.57. The van der Waals surface area contributed by atoms with Gasteiger partial charge in [0.1, 0.15) is 0 Å². The van der Waals surface area contributed by atoms with E-state index in [0.717, 1.165) is 25.7 Å². The van der Waals surface area contributed by atoms with Crippen molar-refractivity contribution in [2.75, 3.05) is 67.7 Å². The van der Waals surface area contributed by atoms with Crippen molar-refractivity contribution in [3.8, 4) is 0 Å². The Bertz CT molecular complexity index is 438. The minimum absolute atomic E-state index is 0.143. The summed E-state index contributed by atoms with van der Waals surface area (Å²) in [7, 11) is -0.520. The average molecular weight is 448 g/mol. The standard InChI is InChI=1S/C16H38N2O8P2/c1-17(2)11-15-25-27(19,20)23-13-9-7-5-6-8-10-14-24-28(21,22)26-16-12-18(3)4/h5-16H2,1-4H3,(H,19,20)(H,21,22). The second kappa shape index (κ2) is 15.9. The van der Waals surface area contributed by atoms with E-state index in [2.05, 4.69) is 0 Å². The molecule has 0 aliphatic rings. The van der Waals surface area contributed by atoms with Gasteiger partial charge < -0.3 is 19.6 Å². The van der Waals surface area contributed by atoms with Crippen LogP contribution in [0, 0.1) is 0 Å². The van der Waals surface area contributed by atoms with Crippen molar-refractivity contribution in [3.05, 3.63) is 0 Å². The number of nitrogens with zero attached hydrogens (tertiary/aromatic N) is 2. The number of phosphoric ester groups is 2. The lowest BCUT2D eigenvalue weighted by Crippen LogP contribution is -2.17. The lowest BCUT2D eigenvalue weighted by atomic mass is 10.1. The zero-order chi connectivity index (χ0) is 21.5. The van der Waals surface area contributed by atoms with Crippen LogP contribution in [0.15, 0.2) is 0 Å². The predicted molar refractivity (Wildman–Crippen MR) is 108 cm³/mol. The van der Waals surface area contributed by atoms with Crippen LogP contribution in [0.1, 0.15) is 38.5 Å². The Hall–Kier alpha value is 0.140. The van der Waals surface area contributed by atoms with Crippen LogP contribution in [0.3, 0.4) is 0 Å². The van der Waals surface area contributed by atoms with Crippen LogP contribution >= 0.6 is 15.6 Å². The molecule has 0 saturated heterocycles. The Morgan fingerprint density at radius 1 is 0.571 bits per heavy atom. The summed E-state index contributed by atoms with van der Waals surface area (Å²) < 4.78 is 42.7. The van der Waals surface area contributed by atoms with Gasteiger partial charge in [0.2, 0.25) is 0 Å². The van der Waals surface area contributed by atoms with Crippen LogP contribution < -0.4 is 0 Å². The highest BCUT2D eigenvalue weighted by atomic mass is 31.2. The van der Waals surface area contributed by atoms with Gasteiger partial charge in [-0.3, -0.25) is 18.1 Å². The van der Waals surface area contributed by atoms with E-state index in [1.54, 1.807) is 0 Å². The first-order valence-corrected chi connectivity index (χ1v) is 12.6. The van der Waals surface area contributed by atoms with Crippen LogP contribution in [0.2, 0.25) is 0 Å². The fourth-order valence-corrected chi connectivity index (χ4v) is 3.52. The van der Waals surface area contributed by atoms with Gasteiger partial charge in [-0.25, -0.2) is 9.13 Å². The molecule has 0 aromatic heterocycles. The number of phosphoric acid groups is 2. The number of hydrogen-bond acceptors (Lipinski definition) is 8. The molecule has 2 N–H and O–H groups in total. The zero-order valence-corrected chi connectivity index (χ0v) is 19.4. The molecule has 0 aromatic carbocycles. The number of rotatable bonds is 19. The molecule has 0 rings (SSSR count). The quantitative estimate of drug-likeness (QED) is 0.226. The SMILES string of the molecule is CN(C)CCOP(=O)(O)OCCCCCCCCOP(=O)(O)OCCN(C)C. The van der Waals surface area contributed by atoms with E-state index < -0.39 is 15.6 Å². The minimum atomic E-state index is -3.96. The van der Waals surface area contributed by atoms with E-state index in [-0.39, 0.29) is 26.4 Å². The van der Waals surface area contributed by atoms with Gasteiger partial charge in [-0.05, 0) is 41.0 Å². The molecule has 0 aliphatic carbocycles. The molecule has 0 heterocycles. The predicted octanol–water partition coefficient (Wildman–Crippen LogP) is 2.72. The maximum absolute atomic E-state index is 11.6. The molecule has 0 amide bonds. The topological polar surface area (TPSA) is 118 Å². The molecule has 0 bridgehead atoms. The molecule has 0 saturated carbocycles. The molecule has 170 valence electrons. The van der Waals surface area contributed by atoms with E-state index in [9.17, 15) is 18.9 Å². The van der Waals surface area contributed by atoms with E-state index in [1.807, 2.05) is 38.0 Å². The largest absolute Gasteiger partial charge is 0.472 e. The van der Waals surface area contributed by atoms with Crippen molar-refractivity contribution in [2.45, 2.75) is 38.5 Å². The molecule has 0 spiro atoms. The molecule has 10 nitrogen and oxygen atoms in total. The Labute approximate surface area is 169 Å². The Morgan fingerprint density at radius 3 is 1.18 bits per heavy atom. The maximum atomic E-state index is 11.6. The van der Waals surface area contributed by atoms with Crippen molar-refractivity contribution < 1.29 is 37.0 Å². The summed E-state index contributed by atoms with van der Waals surface area (Å²) in [5, 5.41) is 0. The fourth-order valence-electron chi connectivity index (χ4n) is 2.02. The molecule has 0 fully saturated rings. The van der Waals surface area contributed by atoms with Gasteiger partial charge in [-0.2, -0.15) is 0 Å². The second-order valence-electron chi connectivity index (χ2n) is 7.00. The third-order valence-corrected chi connectivity index (χ3v) is 5.67. The van der Waals surface area contributed by atoms with Crippen molar-refractivity contribution in [1.29, 1.82) is 0 Å². The van der Waals surface area contributed by atoms with Crippen LogP contribution in [-0.4, -0.2) is 87.3 Å². The summed E-state index contributed by atoms with van der Waals surface area (Å²) in [6.45, 7) is 1.74. The Morgan fingerprint density at radius 2 is 0.857 bits per heavy atom. The van der Waals surface area contributed by atoms with E-state index in [0.29, 0.717) is 25.9 Å². The van der Waals surface area contributed by atoms with Crippen LogP contribution in [0.5, 0.6) is 0 Å². The lowest BCUT2D eigenvalue weighted by Gasteiger charge is -2.14. The molecular formula is C16H38N2O8P2. The summed E-state index contributed by atoms with van der Waals surface area (Å²) >= 11 is 0. The monoisotopic (exact) mass is 448 g/mol. The van der Waals surface area contributed by atoms with Gasteiger partial charge >= 0.3 is 15.6 Å². The number of unbranched alkanes of at least 4 members (excludes halogenated alkanes) is 5. The van der Waals surface area contributed by atoms with Gasteiger partial charge in [-0.15, -0.1) is 0 Å². The smallest absolute Gasteiger partial charge is 0.307 e. The normalized spacial score (nSPS) is 16.4. The van der Waals surface area contributed by atoms with E-state index in [1.165, 1.54) is 0 Å². The van der Waals surface area contributed by atoms with Gasteiger partial charge in [0, 0.05) is 13.1 Å². The Balaban J connectivity index is 3.52. The molecule has 0 radical (unpaired) electrons. The van der Waals surface area contributed by atoms with Gasteiger partial charge in [-0.1, -0.05) is 25.7 Å². The molecular weight excluding hydrogens is 410 g/mol. The number of likely N-dealkylation sites (N-methyl/N-ethyl adjacent to an activating group) is 2. The van der Waals surface area contributed by atoms with Crippen molar-refractivity contribution in [2.24, 2.45) is 0 Å². The fraction of sp³-hybridized carbons (Fsp3) is 1.00. The Kier molecular flexibility index (Phi) is 16.0. The summed E-state index contributed by atoms with van der Waals surface area (Å²) in [6.07, 6.45) is 4.95. The average Bonchev–Trinajstić information content (AvgIpc) is 2.55. The maximum Gasteiger partial charge on any atom is 0.472 e. The molecule has 0 aliphatic heterocycles. The van der Waals surface area contributed by atoms with Gasteiger partial charge in [0.25, 0.3) is 0 Å². The van der Waals surface area contributed by atoms with E-state index >= 15 is 0 Å². The van der Waals surface area contributed by atoms with Gasteiger partial charge in [0.05, 0.1) is 26.4 Å². The highest BCUT2D eigenvalue weighted by Gasteiger charge is 2.21. The summed E-state index contributed by atoms with van der Waals surface area (Å²) in [5.74, 6) is 0. The third-order valence-electron chi connectivity index (χ3n) is 3.63. The molecule has 2 unspecified atom stereocenters. The molecule has 0 aromatic rings. The first-order chi connectivity index (χ1) is 13.0. The molecule has 2 atom stereocenters. The lowest BCUT2D eigenvalue weighted by molar-refractivity contribution is 0.136. The zero-order valence-electron chi connectivity index (χ0n) is 17.6.